The maximum absolute atomic E-state index is 14.6. The molecule has 1 aromatic heterocycles. The third kappa shape index (κ3) is 5.76. The Kier molecular flexibility index (Phi) is 8.10. The lowest BCUT2D eigenvalue weighted by Crippen LogP contribution is -2.45. The van der Waals surface area contributed by atoms with Gasteiger partial charge in [0.05, 0.1) is 11.2 Å². The molecular weight excluding hydrogens is 496 g/mol. The zero-order valence-electron chi connectivity index (χ0n) is 19.8. The van der Waals surface area contributed by atoms with Crippen LogP contribution in [0, 0.1) is 23.1 Å². The molecule has 1 atom stereocenters. The second-order valence-electron chi connectivity index (χ2n) is 8.07. The molecule has 0 aliphatic carbocycles. The smallest absolute Gasteiger partial charge is 0.204 e. The van der Waals surface area contributed by atoms with Crippen LogP contribution in [0.3, 0.4) is 0 Å². The van der Waals surface area contributed by atoms with Crippen molar-refractivity contribution in [2.45, 2.75) is 17.7 Å². The summed E-state index contributed by atoms with van der Waals surface area (Å²) >= 11 is 1.24. The Morgan fingerprint density at radius 1 is 1.19 bits per heavy atom. The number of rotatable bonds is 8. The van der Waals surface area contributed by atoms with Crippen LogP contribution in [-0.2, 0) is 0 Å². The molecule has 0 radical (unpaired) electrons. The third-order valence-electron chi connectivity index (χ3n) is 5.73. The lowest BCUT2D eigenvalue weighted by molar-refractivity contribution is 0.0919. The van der Waals surface area contributed by atoms with Crippen molar-refractivity contribution in [3.05, 3.63) is 78.0 Å². The summed E-state index contributed by atoms with van der Waals surface area (Å²) in [6.45, 7) is 0.441. The number of aromatic nitrogens is 1. The number of carbonyl (C=O) groups excluding carboxylic acids is 1. The van der Waals surface area contributed by atoms with E-state index in [2.05, 4.69) is 31.1 Å². The van der Waals surface area contributed by atoms with Gasteiger partial charge in [-0.1, -0.05) is 42.1 Å². The molecule has 0 saturated carbocycles. The van der Waals surface area contributed by atoms with E-state index in [1.54, 1.807) is 24.9 Å². The minimum atomic E-state index is -1.13. The summed E-state index contributed by atoms with van der Waals surface area (Å²) in [4.78, 5) is 21.4. The summed E-state index contributed by atoms with van der Waals surface area (Å²) in [6.07, 6.45) is 4.15. The first-order valence-electron chi connectivity index (χ1n) is 11.4. The summed E-state index contributed by atoms with van der Waals surface area (Å²) in [5, 5.41) is 18.3. The molecule has 0 bridgehead atoms. The molecular formula is C26H23F2N7OS. The number of hydrogen-bond acceptors (Lipinski definition) is 7. The maximum atomic E-state index is 14.6. The Labute approximate surface area is 216 Å². The first-order valence-corrected chi connectivity index (χ1v) is 12.2. The van der Waals surface area contributed by atoms with Crippen molar-refractivity contribution in [1.82, 2.24) is 21.0 Å². The summed E-state index contributed by atoms with van der Waals surface area (Å²) in [7, 11) is 1.55. The van der Waals surface area contributed by atoms with E-state index in [1.165, 1.54) is 18.0 Å². The quantitative estimate of drug-likeness (QED) is 0.102. The molecule has 11 heteroatoms. The maximum Gasteiger partial charge on any atom is 0.204 e. The number of aliphatic imine (C=N–C) groups is 1. The number of nitrogens with one attached hydrogen (secondary N) is 3. The molecule has 0 fully saturated rings. The fourth-order valence-corrected chi connectivity index (χ4v) is 4.80. The SMILES string of the molecule is CN=C(NC#N)NCCCC1(C(=O)c2cc(-c3cc(F)ccc3F)cnc2-c2ccccc2)NN=CS1. The van der Waals surface area contributed by atoms with Crippen LogP contribution in [0.2, 0.25) is 0 Å². The lowest BCUT2D eigenvalue weighted by atomic mass is 9.93. The molecule has 3 aromatic rings. The zero-order chi connectivity index (χ0) is 26.3. The van der Waals surface area contributed by atoms with E-state index < -0.39 is 16.5 Å². The number of nitrogens with zero attached hydrogens (tertiary/aromatic N) is 4. The van der Waals surface area contributed by atoms with Crippen LogP contribution in [0.4, 0.5) is 8.78 Å². The van der Waals surface area contributed by atoms with Crippen molar-refractivity contribution in [3.8, 4) is 28.6 Å². The lowest BCUT2D eigenvalue weighted by Gasteiger charge is -2.27. The van der Waals surface area contributed by atoms with Crippen LogP contribution in [0.15, 0.2) is 70.9 Å². The fourth-order valence-electron chi connectivity index (χ4n) is 3.93. The van der Waals surface area contributed by atoms with Gasteiger partial charge >= 0.3 is 0 Å². The third-order valence-corrected chi connectivity index (χ3v) is 6.83. The second-order valence-corrected chi connectivity index (χ2v) is 9.21. The molecule has 2 heterocycles. The predicted molar refractivity (Wildman–Crippen MR) is 141 cm³/mol. The highest BCUT2D eigenvalue weighted by Crippen LogP contribution is 2.37. The molecule has 188 valence electrons. The molecule has 1 aliphatic rings. The van der Waals surface area contributed by atoms with Gasteiger partial charge in [0.2, 0.25) is 11.7 Å². The number of benzene rings is 2. The standard InChI is InChI=1S/C26H23F2N7OS/c1-30-25(33-15-29)31-11-5-10-26(35-34-16-37-26)24(36)21-12-18(20-13-19(27)8-9-22(20)28)14-32-23(21)17-6-3-2-4-7-17/h2-4,6-9,12-14,16,35H,5,10-11H2,1H3,(H2,30,31,33). The van der Waals surface area contributed by atoms with Crippen molar-refractivity contribution in [3.63, 3.8) is 0 Å². The average molecular weight is 520 g/mol. The Balaban J connectivity index is 1.69. The summed E-state index contributed by atoms with van der Waals surface area (Å²) in [5.41, 5.74) is 6.21. The van der Waals surface area contributed by atoms with E-state index in [1.807, 2.05) is 30.3 Å². The van der Waals surface area contributed by atoms with Gasteiger partial charge in [-0.15, -0.1) is 0 Å². The monoisotopic (exact) mass is 519 g/mol. The van der Waals surface area contributed by atoms with Crippen molar-refractivity contribution in [2.24, 2.45) is 10.1 Å². The number of nitriles is 1. The highest BCUT2D eigenvalue weighted by atomic mass is 32.2. The summed E-state index contributed by atoms with van der Waals surface area (Å²) in [5.74, 6) is -1.18. The second kappa shape index (κ2) is 11.6. The Hall–Kier alpha value is -4.30. The normalized spacial score (nSPS) is 16.6. The van der Waals surface area contributed by atoms with Crippen molar-refractivity contribution in [1.29, 1.82) is 5.26 Å². The summed E-state index contributed by atoms with van der Waals surface area (Å²) in [6, 6.07) is 13.9. The molecule has 8 nitrogen and oxygen atoms in total. The topological polar surface area (TPSA) is 115 Å². The molecule has 4 rings (SSSR count). The summed E-state index contributed by atoms with van der Waals surface area (Å²) < 4.78 is 28.5. The number of ketones is 1. The van der Waals surface area contributed by atoms with E-state index in [-0.39, 0.29) is 22.5 Å². The first kappa shape index (κ1) is 25.8. The first-order chi connectivity index (χ1) is 18.0. The largest absolute Gasteiger partial charge is 0.356 e. The van der Waals surface area contributed by atoms with Gasteiger partial charge in [-0.2, -0.15) is 10.4 Å². The van der Waals surface area contributed by atoms with Crippen molar-refractivity contribution < 1.29 is 13.6 Å². The van der Waals surface area contributed by atoms with Crippen LogP contribution in [0.5, 0.6) is 0 Å². The molecule has 3 N–H and O–H groups in total. The van der Waals surface area contributed by atoms with E-state index in [9.17, 15) is 13.6 Å². The molecule has 2 aromatic carbocycles. The molecule has 37 heavy (non-hydrogen) atoms. The number of carbonyl (C=O) groups is 1. The molecule has 1 unspecified atom stereocenters. The number of halogens is 2. The van der Waals surface area contributed by atoms with Gasteiger partial charge in [0, 0.05) is 42.0 Å². The van der Waals surface area contributed by atoms with Crippen LogP contribution in [0.25, 0.3) is 22.4 Å². The Morgan fingerprint density at radius 2 is 2.00 bits per heavy atom. The van der Waals surface area contributed by atoms with Gasteiger partial charge in [-0.25, -0.2) is 8.78 Å². The molecule has 0 amide bonds. The van der Waals surface area contributed by atoms with Gasteiger partial charge in [0.1, 0.15) is 11.6 Å². The Bertz CT molecular complexity index is 1380. The number of thioether (sulfide) groups is 1. The van der Waals surface area contributed by atoms with Crippen molar-refractivity contribution in [2.75, 3.05) is 13.6 Å². The molecule has 0 spiro atoms. The van der Waals surface area contributed by atoms with Crippen LogP contribution in [-0.4, -0.2) is 40.7 Å². The minimum Gasteiger partial charge on any atom is -0.356 e. The van der Waals surface area contributed by atoms with Crippen LogP contribution >= 0.6 is 11.8 Å². The van der Waals surface area contributed by atoms with Gasteiger partial charge in [0.15, 0.2) is 11.1 Å². The van der Waals surface area contributed by atoms with Crippen LogP contribution < -0.4 is 16.1 Å². The fraction of sp³-hybridized carbons (Fsp3) is 0.192. The highest BCUT2D eigenvalue weighted by molar-refractivity contribution is 8.14. The number of pyridine rings is 1. The average Bonchev–Trinajstić information content (AvgIpc) is 3.41. The van der Waals surface area contributed by atoms with E-state index in [4.69, 9.17) is 5.26 Å². The predicted octanol–water partition coefficient (Wildman–Crippen LogP) is 4.28. The number of hydrazone groups is 1. The van der Waals surface area contributed by atoms with Crippen molar-refractivity contribution >= 4 is 29.1 Å². The highest BCUT2D eigenvalue weighted by Gasteiger charge is 2.42. The van der Waals surface area contributed by atoms with Gasteiger partial charge < -0.3 is 5.32 Å². The minimum absolute atomic E-state index is 0.0130. The molecule has 1 aliphatic heterocycles. The van der Waals surface area contributed by atoms with Gasteiger partial charge in [-0.05, 0) is 37.1 Å². The molecule has 0 saturated heterocycles. The van der Waals surface area contributed by atoms with Crippen LogP contribution in [0.1, 0.15) is 23.2 Å². The van der Waals surface area contributed by atoms with Gasteiger partial charge in [-0.3, -0.25) is 25.5 Å². The van der Waals surface area contributed by atoms with E-state index in [0.29, 0.717) is 36.6 Å². The van der Waals surface area contributed by atoms with E-state index in [0.717, 1.165) is 18.2 Å². The zero-order valence-corrected chi connectivity index (χ0v) is 20.6. The van der Waals surface area contributed by atoms with Gasteiger partial charge in [0.25, 0.3) is 0 Å². The number of hydrogen-bond donors (Lipinski definition) is 3. The Morgan fingerprint density at radius 3 is 2.70 bits per heavy atom. The number of guanidine groups is 1. The van der Waals surface area contributed by atoms with E-state index >= 15 is 0 Å². The number of Topliss-reactive ketones (excluding diaryl/α,β-unsaturated/α-hetero) is 1.